The SMILES string of the molecule is CCNC(=NCCc1cccc2ccccc12)N1CCC(OCCCOC)CC1.I. The lowest BCUT2D eigenvalue weighted by Gasteiger charge is -2.34. The fourth-order valence-electron chi connectivity index (χ4n) is 3.91. The number of rotatable bonds is 9. The molecule has 3 rings (SSSR count). The molecule has 5 nitrogen and oxygen atoms in total. The van der Waals surface area contributed by atoms with Gasteiger partial charge in [-0.05, 0) is 48.9 Å². The Hall–Kier alpha value is -1.38. The Morgan fingerprint density at radius 1 is 1.10 bits per heavy atom. The van der Waals surface area contributed by atoms with E-state index in [0.29, 0.717) is 6.10 Å². The monoisotopic (exact) mass is 525 g/mol. The van der Waals surface area contributed by atoms with Gasteiger partial charge in [0.1, 0.15) is 0 Å². The van der Waals surface area contributed by atoms with Crippen LogP contribution in [-0.4, -0.2) is 63.5 Å². The highest BCUT2D eigenvalue weighted by Crippen LogP contribution is 2.19. The van der Waals surface area contributed by atoms with Crippen LogP contribution in [0.25, 0.3) is 10.8 Å². The van der Waals surface area contributed by atoms with Gasteiger partial charge in [0.25, 0.3) is 0 Å². The van der Waals surface area contributed by atoms with E-state index in [9.17, 15) is 0 Å². The van der Waals surface area contributed by atoms with Gasteiger partial charge in [0, 0.05) is 46.5 Å². The van der Waals surface area contributed by atoms with Gasteiger partial charge in [0.15, 0.2) is 5.96 Å². The maximum absolute atomic E-state index is 5.99. The van der Waals surface area contributed by atoms with Gasteiger partial charge in [-0.1, -0.05) is 42.5 Å². The molecule has 0 amide bonds. The second-order valence-electron chi connectivity index (χ2n) is 7.53. The van der Waals surface area contributed by atoms with Gasteiger partial charge in [0.2, 0.25) is 0 Å². The van der Waals surface area contributed by atoms with Crippen molar-refractivity contribution in [2.75, 3.05) is 46.5 Å². The number of piperidine rings is 1. The molecule has 30 heavy (non-hydrogen) atoms. The molecule has 2 aromatic carbocycles. The molecule has 166 valence electrons. The predicted molar refractivity (Wildman–Crippen MR) is 136 cm³/mol. The lowest BCUT2D eigenvalue weighted by molar-refractivity contribution is 0.00991. The highest BCUT2D eigenvalue weighted by molar-refractivity contribution is 14.0. The molecule has 6 heteroatoms. The summed E-state index contributed by atoms with van der Waals surface area (Å²) in [6.07, 6.45) is 4.40. The third kappa shape index (κ3) is 7.39. The zero-order chi connectivity index (χ0) is 20.3. The number of benzene rings is 2. The summed E-state index contributed by atoms with van der Waals surface area (Å²) < 4.78 is 11.1. The normalized spacial score (nSPS) is 15.3. The van der Waals surface area contributed by atoms with Crippen LogP contribution in [0.15, 0.2) is 47.5 Å². The topological polar surface area (TPSA) is 46.1 Å². The first-order valence-electron chi connectivity index (χ1n) is 10.9. The number of ether oxygens (including phenoxy) is 2. The molecular weight excluding hydrogens is 489 g/mol. The lowest BCUT2D eigenvalue weighted by Crippen LogP contribution is -2.47. The van der Waals surface area contributed by atoms with Crippen LogP contribution < -0.4 is 5.32 Å². The minimum Gasteiger partial charge on any atom is -0.385 e. The fraction of sp³-hybridized carbons (Fsp3) is 0.542. The number of hydrogen-bond donors (Lipinski definition) is 1. The van der Waals surface area contributed by atoms with Crippen LogP contribution in [0, 0.1) is 0 Å². The highest BCUT2D eigenvalue weighted by Gasteiger charge is 2.21. The van der Waals surface area contributed by atoms with Crippen molar-refractivity contribution in [2.24, 2.45) is 4.99 Å². The second-order valence-corrected chi connectivity index (χ2v) is 7.53. The standard InChI is InChI=1S/C24H35N3O2.HI/c1-3-25-24(27-16-13-22(14-17-27)29-19-7-18-28-2)26-15-12-21-10-6-9-20-8-4-5-11-23(20)21;/h4-6,8-11,22H,3,7,12-19H2,1-2H3,(H,25,26);1H. The molecule has 0 atom stereocenters. The molecule has 1 N–H and O–H groups in total. The number of likely N-dealkylation sites (tertiary alicyclic amines) is 1. The number of halogens is 1. The van der Waals surface area contributed by atoms with E-state index in [-0.39, 0.29) is 24.0 Å². The third-order valence-corrected chi connectivity index (χ3v) is 5.45. The zero-order valence-corrected chi connectivity index (χ0v) is 20.6. The van der Waals surface area contributed by atoms with Gasteiger partial charge in [-0.25, -0.2) is 0 Å². The Morgan fingerprint density at radius 2 is 1.87 bits per heavy atom. The maximum Gasteiger partial charge on any atom is 0.193 e. The van der Waals surface area contributed by atoms with Gasteiger partial charge in [-0.3, -0.25) is 4.99 Å². The largest absolute Gasteiger partial charge is 0.385 e. The Labute approximate surface area is 198 Å². The van der Waals surface area contributed by atoms with Crippen molar-refractivity contribution < 1.29 is 9.47 Å². The molecule has 0 unspecified atom stereocenters. The Balaban J connectivity index is 0.00000320. The number of methoxy groups -OCH3 is 1. The summed E-state index contributed by atoms with van der Waals surface area (Å²) in [5.41, 5.74) is 1.37. The molecule has 1 aliphatic heterocycles. The molecular formula is C24H36IN3O2. The van der Waals surface area contributed by atoms with E-state index >= 15 is 0 Å². The molecule has 1 fully saturated rings. The van der Waals surface area contributed by atoms with E-state index in [4.69, 9.17) is 14.5 Å². The van der Waals surface area contributed by atoms with Crippen LogP contribution in [0.5, 0.6) is 0 Å². The molecule has 1 aliphatic rings. The van der Waals surface area contributed by atoms with Crippen LogP contribution >= 0.6 is 24.0 Å². The first-order valence-corrected chi connectivity index (χ1v) is 10.9. The first kappa shape index (κ1) is 24.9. The van der Waals surface area contributed by atoms with E-state index in [1.165, 1.54) is 16.3 Å². The zero-order valence-electron chi connectivity index (χ0n) is 18.3. The Morgan fingerprint density at radius 3 is 2.63 bits per heavy atom. The number of aliphatic imine (C=N–C) groups is 1. The van der Waals surface area contributed by atoms with Crippen molar-refractivity contribution in [3.05, 3.63) is 48.0 Å². The molecule has 0 radical (unpaired) electrons. The molecule has 1 heterocycles. The Bertz CT molecular complexity index is 771. The molecule has 0 aromatic heterocycles. The van der Waals surface area contributed by atoms with Crippen LogP contribution in [0.2, 0.25) is 0 Å². The van der Waals surface area contributed by atoms with Crippen LogP contribution in [0.3, 0.4) is 0 Å². The van der Waals surface area contributed by atoms with Gasteiger partial charge in [-0.15, -0.1) is 24.0 Å². The van der Waals surface area contributed by atoms with Crippen LogP contribution in [0.4, 0.5) is 0 Å². The van der Waals surface area contributed by atoms with E-state index in [2.05, 4.69) is 59.6 Å². The van der Waals surface area contributed by atoms with Gasteiger partial charge in [0.05, 0.1) is 6.10 Å². The predicted octanol–water partition coefficient (Wildman–Crippen LogP) is 4.48. The summed E-state index contributed by atoms with van der Waals surface area (Å²) in [5, 5.41) is 6.10. The minimum absolute atomic E-state index is 0. The number of fused-ring (bicyclic) bond motifs is 1. The molecule has 0 bridgehead atoms. The van der Waals surface area contributed by atoms with E-state index in [0.717, 1.165) is 71.0 Å². The minimum atomic E-state index is 0. The number of guanidine groups is 1. The van der Waals surface area contributed by atoms with E-state index in [1.807, 2.05) is 0 Å². The van der Waals surface area contributed by atoms with Crippen molar-refractivity contribution in [3.8, 4) is 0 Å². The van der Waals surface area contributed by atoms with Crippen molar-refractivity contribution in [3.63, 3.8) is 0 Å². The van der Waals surface area contributed by atoms with Crippen molar-refractivity contribution >= 4 is 40.7 Å². The average Bonchev–Trinajstić information content (AvgIpc) is 2.77. The van der Waals surface area contributed by atoms with Crippen molar-refractivity contribution in [1.29, 1.82) is 0 Å². The maximum atomic E-state index is 5.99. The van der Waals surface area contributed by atoms with E-state index in [1.54, 1.807) is 7.11 Å². The number of nitrogens with zero attached hydrogens (tertiary/aromatic N) is 2. The quantitative estimate of drug-likeness (QED) is 0.227. The second kappa shape index (κ2) is 13.8. The number of hydrogen-bond acceptors (Lipinski definition) is 3. The summed E-state index contributed by atoms with van der Waals surface area (Å²) in [5.74, 6) is 1.03. The first-order chi connectivity index (χ1) is 14.3. The molecule has 1 saturated heterocycles. The summed E-state index contributed by atoms with van der Waals surface area (Å²) in [4.78, 5) is 7.30. The van der Waals surface area contributed by atoms with Crippen molar-refractivity contribution in [2.45, 2.75) is 38.7 Å². The fourth-order valence-corrected chi connectivity index (χ4v) is 3.91. The van der Waals surface area contributed by atoms with E-state index < -0.39 is 0 Å². The van der Waals surface area contributed by atoms with Crippen molar-refractivity contribution in [1.82, 2.24) is 10.2 Å². The lowest BCUT2D eigenvalue weighted by atomic mass is 10.0. The summed E-state index contributed by atoms with van der Waals surface area (Å²) in [6.45, 7) is 7.37. The molecule has 0 aliphatic carbocycles. The molecule has 0 spiro atoms. The van der Waals surface area contributed by atoms with Gasteiger partial charge in [-0.2, -0.15) is 0 Å². The van der Waals surface area contributed by atoms with Gasteiger partial charge >= 0.3 is 0 Å². The van der Waals surface area contributed by atoms with Crippen LogP contribution in [0.1, 0.15) is 31.7 Å². The Kier molecular flexibility index (Phi) is 11.5. The summed E-state index contributed by atoms with van der Waals surface area (Å²) in [6, 6.07) is 15.1. The molecule has 0 saturated carbocycles. The summed E-state index contributed by atoms with van der Waals surface area (Å²) >= 11 is 0. The van der Waals surface area contributed by atoms with Crippen LogP contribution in [-0.2, 0) is 15.9 Å². The molecule has 2 aromatic rings. The number of nitrogens with one attached hydrogen (secondary N) is 1. The average molecular weight is 525 g/mol. The van der Waals surface area contributed by atoms with Gasteiger partial charge < -0.3 is 19.7 Å². The smallest absolute Gasteiger partial charge is 0.193 e. The highest BCUT2D eigenvalue weighted by atomic mass is 127. The summed E-state index contributed by atoms with van der Waals surface area (Å²) in [7, 11) is 1.74. The third-order valence-electron chi connectivity index (χ3n) is 5.45.